The second kappa shape index (κ2) is 11.8. The third-order valence-corrected chi connectivity index (χ3v) is 6.75. The standard InChI is InChI=1S/C16H15N3O2.C15H12ClN3O2/c1-10-5-6-19-13(8-15(20)21)16(18-14(19)7-10)12-4-3-11(2)9-17-12;1-9-4-5-19-12(7-14(20)21)15(18-13(19)6-9)11-3-2-10(16)8-17-11/h3-7,9H,8H2,1-2H3,(H,20,21);2-6,8H,7H2,1H3,(H,20,21). The average molecular weight is 583 g/mol. The van der Waals surface area contributed by atoms with Crippen LogP contribution in [0.25, 0.3) is 34.1 Å². The fourth-order valence-corrected chi connectivity index (χ4v) is 4.66. The van der Waals surface area contributed by atoms with Crippen LogP contribution in [0.4, 0.5) is 0 Å². The van der Waals surface area contributed by atoms with Crippen molar-refractivity contribution in [2.24, 2.45) is 0 Å². The van der Waals surface area contributed by atoms with Gasteiger partial charge in [0.25, 0.3) is 0 Å². The van der Waals surface area contributed by atoms with Gasteiger partial charge < -0.3 is 19.0 Å². The molecule has 0 aromatic carbocycles. The summed E-state index contributed by atoms with van der Waals surface area (Å²) in [6, 6.07) is 15.0. The Balaban J connectivity index is 0.000000168. The van der Waals surface area contributed by atoms with Gasteiger partial charge in [0.15, 0.2) is 0 Å². The lowest BCUT2D eigenvalue weighted by molar-refractivity contribution is -0.137. The fraction of sp³-hybridized carbons (Fsp3) is 0.161. The summed E-state index contributed by atoms with van der Waals surface area (Å²) in [5.74, 6) is -1.79. The van der Waals surface area contributed by atoms with Gasteiger partial charge in [-0.15, -0.1) is 0 Å². The number of hydrogen-bond acceptors (Lipinski definition) is 6. The number of nitrogens with zero attached hydrogens (tertiary/aromatic N) is 6. The maximum atomic E-state index is 11.2. The first-order valence-electron chi connectivity index (χ1n) is 13.0. The van der Waals surface area contributed by atoms with Crippen molar-refractivity contribution >= 4 is 34.8 Å². The van der Waals surface area contributed by atoms with Crippen molar-refractivity contribution < 1.29 is 19.8 Å². The molecule has 0 saturated carbocycles. The zero-order chi connectivity index (χ0) is 30.0. The highest BCUT2D eigenvalue weighted by atomic mass is 35.5. The van der Waals surface area contributed by atoms with Crippen LogP contribution < -0.4 is 0 Å². The van der Waals surface area contributed by atoms with Gasteiger partial charge in [-0.05, 0) is 79.9 Å². The van der Waals surface area contributed by atoms with Gasteiger partial charge in [-0.3, -0.25) is 19.6 Å². The molecular formula is C31H27ClN6O4. The Kier molecular flexibility index (Phi) is 7.99. The number of fused-ring (bicyclic) bond motifs is 2. The van der Waals surface area contributed by atoms with E-state index in [-0.39, 0.29) is 12.8 Å². The van der Waals surface area contributed by atoms with Crippen LogP contribution >= 0.6 is 11.6 Å². The molecule has 2 N–H and O–H groups in total. The number of carboxylic acid groups (broad SMARTS) is 2. The Morgan fingerprint density at radius 1 is 0.690 bits per heavy atom. The molecule has 212 valence electrons. The summed E-state index contributed by atoms with van der Waals surface area (Å²) in [4.78, 5) is 40.0. The summed E-state index contributed by atoms with van der Waals surface area (Å²) >= 11 is 5.84. The molecule has 6 aromatic rings. The number of aryl methyl sites for hydroxylation is 3. The van der Waals surface area contributed by atoms with E-state index < -0.39 is 11.9 Å². The molecule has 0 unspecified atom stereocenters. The van der Waals surface area contributed by atoms with Gasteiger partial charge in [-0.25, -0.2) is 9.97 Å². The van der Waals surface area contributed by atoms with E-state index in [2.05, 4.69) is 19.9 Å². The number of carbonyl (C=O) groups is 2. The molecule has 0 radical (unpaired) electrons. The van der Waals surface area contributed by atoms with Crippen molar-refractivity contribution in [3.05, 3.63) is 106 Å². The van der Waals surface area contributed by atoms with E-state index in [4.69, 9.17) is 21.8 Å². The van der Waals surface area contributed by atoms with Crippen molar-refractivity contribution in [3.8, 4) is 22.8 Å². The normalized spacial score (nSPS) is 11.0. The molecule has 0 aliphatic carbocycles. The second-order valence-electron chi connectivity index (χ2n) is 9.90. The van der Waals surface area contributed by atoms with Gasteiger partial charge in [-0.1, -0.05) is 17.7 Å². The molecule has 0 fully saturated rings. The largest absolute Gasteiger partial charge is 0.481 e. The first-order valence-corrected chi connectivity index (χ1v) is 13.4. The average Bonchev–Trinajstić information content (AvgIpc) is 3.46. The summed E-state index contributed by atoms with van der Waals surface area (Å²) in [6.07, 6.45) is 6.76. The summed E-state index contributed by atoms with van der Waals surface area (Å²) in [5.41, 5.74) is 8.39. The third kappa shape index (κ3) is 6.13. The quantitative estimate of drug-likeness (QED) is 0.258. The number of hydrogen-bond donors (Lipinski definition) is 2. The van der Waals surface area contributed by atoms with Gasteiger partial charge in [-0.2, -0.15) is 0 Å². The Morgan fingerprint density at radius 2 is 1.17 bits per heavy atom. The molecule has 0 amide bonds. The summed E-state index contributed by atoms with van der Waals surface area (Å²) in [6.45, 7) is 5.91. The van der Waals surface area contributed by atoms with Crippen LogP contribution in [0.3, 0.4) is 0 Å². The molecule has 6 aromatic heterocycles. The molecule has 0 spiro atoms. The number of carboxylic acids is 2. The number of rotatable bonds is 6. The van der Waals surface area contributed by atoms with E-state index >= 15 is 0 Å². The molecule has 0 atom stereocenters. The first-order chi connectivity index (χ1) is 20.1. The van der Waals surface area contributed by atoms with E-state index in [1.807, 2.05) is 74.0 Å². The molecule has 42 heavy (non-hydrogen) atoms. The van der Waals surface area contributed by atoms with Crippen LogP contribution in [-0.2, 0) is 22.4 Å². The smallest absolute Gasteiger partial charge is 0.309 e. The molecule has 0 aliphatic rings. The lowest BCUT2D eigenvalue weighted by Gasteiger charge is -2.03. The van der Waals surface area contributed by atoms with Crippen LogP contribution in [0.1, 0.15) is 28.1 Å². The molecule has 0 aliphatic heterocycles. The summed E-state index contributed by atoms with van der Waals surface area (Å²) in [7, 11) is 0. The molecule has 0 saturated heterocycles. The Labute approximate surface area is 245 Å². The lowest BCUT2D eigenvalue weighted by Crippen LogP contribution is -2.05. The Bertz CT molecular complexity index is 1790. The zero-order valence-electron chi connectivity index (χ0n) is 23.1. The van der Waals surface area contributed by atoms with Crippen LogP contribution in [0, 0.1) is 20.8 Å². The van der Waals surface area contributed by atoms with Crippen LogP contribution in [0.5, 0.6) is 0 Å². The maximum absolute atomic E-state index is 11.2. The first kappa shape index (κ1) is 28.4. The van der Waals surface area contributed by atoms with Gasteiger partial charge >= 0.3 is 11.9 Å². The van der Waals surface area contributed by atoms with Crippen molar-refractivity contribution in [1.29, 1.82) is 0 Å². The highest BCUT2D eigenvalue weighted by Crippen LogP contribution is 2.26. The van der Waals surface area contributed by atoms with Crippen LogP contribution in [0.15, 0.2) is 73.3 Å². The van der Waals surface area contributed by atoms with Gasteiger partial charge in [0.2, 0.25) is 0 Å². The third-order valence-electron chi connectivity index (χ3n) is 6.52. The predicted molar refractivity (Wildman–Crippen MR) is 159 cm³/mol. The molecule has 6 heterocycles. The number of halogens is 1. The Morgan fingerprint density at radius 3 is 1.57 bits per heavy atom. The van der Waals surface area contributed by atoms with E-state index in [1.54, 1.807) is 22.7 Å². The van der Waals surface area contributed by atoms with Gasteiger partial charge in [0.1, 0.15) is 22.7 Å². The lowest BCUT2D eigenvalue weighted by atomic mass is 10.1. The van der Waals surface area contributed by atoms with Crippen molar-refractivity contribution in [3.63, 3.8) is 0 Å². The van der Waals surface area contributed by atoms with Crippen molar-refractivity contribution in [1.82, 2.24) is 28.7 Å². The minimum atomic E-state index is -0.910. The number of imidazole rings is 2. The number of aliphatic carboxylic acids is 2. The van der Waals surface area contributed by atoms with Crippen LogP contribution in [0.2, 0.25) is 5.02 Å². The highest BCUT2D eigenvalue weighted by molar-refractivity contribution is 6.30. The minimum absolute atomic E-state index is 0.0882. The molecule has 0 bridgehead atoms. The fourth-order valence-electron chi connectivity index (χ4n) is 4.55. The topological polar surface area (TPSA) is 135 Å². The van der Waals surface area contributed by atoms with E-state index in [1.165, 1.54) is 6.20 Å². The predicted octanol–water partition coefficient (Wildman–Crippen LogP) is 5.63. The highest BCUT2D eigenvalue weighted by Gasteiger charge is 2.19. The maximum Gasteiger partial charge on any atom is 0.309 e. The van der Waals surface area contributed by atoms with E-state index in [0.717, 1.165) is 22.3 Å². The summed E-state index contributed by atoms with van der Waals surface area (Å²) < 4.78 is 3.60. The molecular weight excluding hydrogens is 556 g/mol. The minimum Gasteiger partial charge on any atom is -0.481 e. The molecule has 11 heteroatoms. The molecule has 10 nitrogen and oxygen atoms in total. The monoisotopic (exact) mass is 582 g/mol. The van der Waals surface area contributed by atoms with Crippen molar-refractivity contribution in [2.45, 2.75) is 33.6 Å². The van der Waals surface area contributed by atoms with Crippen molar-refractivity contribution in [2.75, 3.05) is 0 Å². The Hall–Kier alpha value is -5.09. The number of aromatic nitrogens is 6. The van der Waals surface area contributed by atoms with Gasteiger partial charge in [0.05, 0.1) is 40.6 Å². The second-order valence-corrected chi connectivity index (χ2v) is 10.3. The SMILES string of the molecule is Cc1ccc(-c2nc3cc(C)ccn3c2CC(=O)O)nc1.Cc1ccn2c(CC(=O)O)c(-c3ccc(Cl)cn3)nc2c1. The zero-order valence-corrected chi connectivity index (χ0v) is 23.9. The summed E-state index contributed by atoms with van der Waals surface area (Å²) in [5, 5.41) is 18.8. The molecule has 6 rings (SSSR count). The van der Waals surface area contributed by atoms with E-state index in [0.29, 0.717) is 44.8 Å². The number of pyridine rings is 4. The van der Waals surface area contributed by atoms with E-state index in [9.17, 15) is 9.59 Å². The van der Waals surface area contributed by atoms with Crippen LogP contribution in [-0.4, -0.2) is 50.9 Å². The van der Waals surface area contributed by atoms with Gasteiger partial charge in [0, 0.05) is 24.8 Å².